The van der Waals surface area contributed by atoms with E-state index in [0.717, 1.165) is 11.3 Å². The highest BCUT2D eigenvalue weighted by molar-refractivity contribution is 5.38. The third-order valence-electron chi connectivity index (χ3n) is 2.59. The van der Waals surface area contributed by atoms with Crippen LogP contribution < -0.4 is 4.74 Å². The fourth-order valence-electron chi connectivity index (χ4n) is 1.55. The third-order valence-corrected chi connectivity index (χ3v) is 2.59. The normalized spacial score (nSPS) is 10.3. The molecule has 0 fully saturated rings. The molecule has 1 aromatic carbocycles. The summed E-state index contributed by atoms with van der Waals surface area (Å²) in [4.78, 5) is 10.2. The molecule has 0 unspecified atom stereocenters. The van der Waals surface area contributed by atoms with Gasteiger partial charge in [0.15, 0.2) is 0 Å². The molecule has 18 heavy (non-hydrogen) atoms. The zero-order valence-corrected chi connectivity index (χ0v) is 10.0. The topological polar surface area (TPSA) is 78.4 Å². The molecule has 0 spiro atoms. The van der Waals surface area contributed by atoms with Gasteiger partial charge in [0.1, 0.15) is 18.1 Å². The van der Waals surface area contributed by atoms with Crippen LogP contribution in [0, 0.1) is 24.0 Å². The fourth-order valence-corrected chi connectivity index (χ4v) is 1.55. The first-order valence-corrected chi connectivity index (χ1v) is 5.37. The average Bonchev–Trinajstić information content (AvgIpc) is 2.67. The molecule has 0 bridgehead atoms. The largest absolute Gasteiger partial charge is 0.488 e. The molecule has 1 aromatic heterocycles. The van der Waals surface area contributed by atoms with Crippen molar-refractivity contribution in [2.24, 2.45) is 0 Å². The minimum atomic E-state index is -0.456. The molecule has 0 aliphatic carbocycles. The Morgan fingerprint density at radius 1 is 1.44 bits per heavy atom. The standard InChI is InChI=1S/C12H12N2O4/c1-8-12(9(2)18-13-8)7-17-11-5-3-4-10(6-11)14(15)16/h3-6H,7H2,1-2H3. The number of hydrogen-bond donors (Lipinski definition) is 0. The molecule has 2 aromatic rings. The van der Waals surface area contributed by atoms with E-state index in [9.17, 15) is 10.1 Å². The summed E-state index contributed by atoms with van der Waals surface area (Å²) >= 11 is 0. The summed E-state index contributed by atoms with van der Waals surface area (Å²) in [7, 11) is 0. The van der Waals surface area contributed by atoms with E-state index in [4.69, 9.17) is 9.26 Å². The maximum absolute atomic E-state index is 10.6. The highest BCUT2D eigenvalue weighted by atomic mass is 16.6. The van der Waals surface area contributed by atoms with Crippen molar-refractivity contribution in [1.29, 1.82) is 0 Å². The monoisotopic (exact) mass is 248 g/mol. The molecule has 2 rings (SSSR count). The Kier molecular flexibility index (Phi) is 3.27. The van der Waals surface area contributed by atoms with Crippen LogP contribution in [0.5, 0.6) is 5.75 Å². The Morgan fingerprint density at radius 2 is 2.22 bits per heavy atom. The lowest BCUT2D eigenvalue weighted by molar-refractivity contribution is -0.384. The van der Waals surface area contributed by atoms with Crippen LogP contribution in [-0.2, 0) is 6.61 Å². The summed E-state index contributed by atoms with van der Waals surface area (Å²) in [5.41, 5.74) is 1.63. The van der Waals surface area contributed by atoms with Gasteiger partial charge >= 0.3 is 0 Å². The maximum Gasteiger partial charge on any atom is 0.273 e. The van der Waals surface area contributed by atoms with Crippen LogP contribution in [0.4, 0.5) is 5.69 Å². The van der Waals surface area contributed by atoms with Crippen molar-refractivity contribution in [3.63, 3.8) is 0 Å². The molecule has 0 atom stereocenters. The summed E-state index contributed by atoms with van der Waals surface area (Å²) < 4.78 is 10.5. The lowest BCUT2D eigenvalue weighted by atomic mass is 10.2. The Balaban J connectivity index is 2.11. The van der Waals surface area contributed by atoms with Gasteiger partial charge in [0.25, 0.3) is 5.69 Å². The Hall–Kier alpha value is -2.37. The zero-order valence-electron chi connectivity index (χ0n) is 10.0. The minimum Gasteiger partial charge on any atom is -0.488 e. The van der Waals surface area contributed by atoms with Gasteiger partial charge in [0.2, 0.25) is 0 Å². The van der Waals surface area contributed by atoms with Gasteiger partial charge in [-0.25, -0.2) is 0 Å². The molecule has 0 radical (unpaired) electrons. The lowest BCUT2D eigenvalue weighted by Crippen LogP contribution is -1.98. The van der Waals surface area contributed by atoms with Gasteiger partial charge in [-0.2, -0.15) is 0 Å². The number of aromatic nitrogens is 1. The van der Waals surface area contributed by atoms with E-state index in [1.807, 2.05) is 6.92 Å². The van der Waals surface area contributed by atoms with Crippen molar-refractivity contribution < 1.29 is 14.2 Å². The van der Waals surface area contributed by atoms with Crippen molar-refractivity contribution in [3.05, 3.63) is 51.4 Å². The summed E-state index contributed by atoms with van der Waals surface area (Å²) in [6.45, 7) is 3.90. The number of rotatable bonds is 4. The maximum atomic E-state index is 10.6. The van der Waals surface area contributed by atoms with E-state index >= 15 is 0 Å². The van der Waals surface area contributed by atoms with Crippen LogP contribution in [0.1, 0.15) is 17.0 Å². The first-order valence-electron chi connectivity index (χ1n) is 5.37. The van der Waals surface area contributed by atoms with E-state index in [0.29, 0.717) is 11.5 Å². The summed E-state index contributed by atoms with van der Waals surface area (Å²) in [5.74, 6) is 1.14. The number of nitro benzene ring substituents is 1. The number of aryl methyl sites for hydroxylation is 2. The molecule has 0 aliphatic heterocycles. The molecule has 0 amide bonds. The second-order valence-electron chi connectivity index (χ2n) is 3.85. The van der Waals surface area contributed by atoms with E-state index in [1.165, 1.54) is 12.1 Å². The number of non-ortho nitro benzene ring substituents is 1. The molecular formula is C12H12N2O4. The second-order valence-corrected chi connectivity index (χ2v) is 3.85. The van der Waals surface area contributed by atoms with Gasteiger partial charge in [-0.1, -0.05) is 11.2 Å². The first kappa shape index (κ1) is 12.1. The Labute approximate surface area is 103 Å². The van der Waals surface area contributed by atoms with Gasteiger partial charge in [0.05, 0.1) is 22.2 Å². The van der Waals surface area contributed by atoms with Gasteiger partial charge < -0.3 is 9.26 Å². The molecule has 0 saturated heterocycles. The van der Waals surface area contributed by atoms with E-state index in [-0.39, 0.29) is 12.3 Å². The SMILES string of the molecule is Cc1noc(C)c1COc1cccc([N+](=O)[O-])c1. The van der Waals surface area contributed by atoms with Crippen LogP contribution in [0.25, 0.3) is 0 Å². The van der Waals surface area contributed by atoms with Crippen LogP contribution in [0.3, 0.4) is 0 Å². The van der Waals surface area contributed by atoms with Crippen molar-refractivity contribution in [2.75, 3.05) is 0 Å². The summed E-state index contributed by atoms with van der Waals surface area (Å²) in [5, 5.41) is 14.4. The number of nitrogens with zero attached hydrogens (tertiary/aromatic N) is 2. The Bertz CT molecular complexity index is 558. The molecule has 1 heterocycles. The predicted molar refractivity (Wildman–Crippen MR) is 63.4 cm³/mol. The van der Waals surface area contributed by atoms with Crippen LogP contribution >= 0.6 is 0 Å². The van der Waals surface area contributed by atoms with Crippen LogP contribution in [-0.4, -0.2) is 10.1 Å². The molecule has 0 aliphatic rings. The smallest absolute Gasteiger partial charge is 0.273 e. The highest BCUT2D eigenvalue weighted by Crippen LogP contribution is 2.21. The number of hydrogen-bond acceptors (Lipinski definition) is 5. The number of nitro groups is 1. The van der Waals surface area contributed by atoms with E-state index in [1.54, 1.807) is 19.1 Å². The second kappa shape index (κ2) is 4.87. The summed E-state index contributed by atoms with van der Waals surface area (Å²) in [6.07, 6.45) is 0. The lowest BCUT2D eigenvalue weighted by Gasteiger charge is -2.05. The van der Waals surface area contributed by atoms with E-state index < -0.39 is 4.92 Å². The molecular weight excluding hydrogens is 236 g/mol. The van der Waals surface area contributed by atoms with Gasteiger partial charge in [-0.05, 0) is 19.9 Å². The van der Waals surface area contributed by atoms with Crippen molar-refractivity contribution >= 4 is 5.69 Å². The van der Waals surface area contributed by atoms with Crippen LogP contribution in [0.2, 0.25) is 0 Å². The van der Waals surface area contributed by atoms with Crippen LogP contribution in [0.15, 0.2) is 28.8 Å². The van der Waals surface area contributed by atoms with Gasteiger partial charge in [-0.3, -0.25) is 10.1 Å². The van der Waals surface area contributed by atoms with Crippen molar-refractivity contribution in [1.82, 2.24) is 5.16 Å². The van der Waals surface area contributed by atoms with Gasteiger partial charge in [0, 0.05) is 6.07 Å². The average molecular weight is 248 g/mol. The van der Waals surface area contributed by atoms with E-state index in [2.05, 4.69) is 5.16 Å². The van der Waals surface area contributed by atoms with Gasteiger partial charge in [-0.15, -0.1) is 0 Å². The highest BCUT2D eigenvalue weighted by Gasteiger charge is 2.11. The third kappa shape index (κ3) is 2.48. The van der Waals surface area contributed by atoms with Crippen molar-refractivity contribution in [2.45, 2.75) is 20.5 Å². The molecule has 0 N–H and O–H groups in total. The quantitative estimate of drug-likeness (QED) is 0.614. The number of ether oxygens (including phenoxy) is 1. The minimum absolute atomic E-state index is 0.00580. The molecule has 0 saturated carbocycles. The summed E-state index contributed by atoms with van der Waals surface area (Å²) in [6, 6.07) is 6.06. The Morgan fingerprint density at radius 3 is 2.83 bits per heavy atom. The predicted octanol–water partition coefficient (Wildman–Crippen LogP) is 2.78. The fraction of sp³-hybridized carbons (Fsp3) is 0.250. The van der Waals surface area contributed by atoms with Crippen molar-refractivity contribution in [3.8, 4) is 5.75 Å². The molecule has 94 valence electrons. The first-order chi connectivity index (χ1) is 8.58. The molecule has 6 heteroatoms. The zero-order chi connectivity index (χ0) is 13.1. The number of benzene rings is 1. The molecule has 6 nitrogen and oxygen atoms in total.